The molecule has 3 unspecified atom stereocenters. The van der Waals surface area contributed by atoms with E-state index in [-0.39, 0.29) is 17.9 Å². The molecule has 2 fully saturated rings. The van der Waals surface area contributed by atoms with Crippen LogP contribution in [0.15, 0.2) is 30.3 Å². The Labute approximate surface area is 172 Å². The summed E-state index contributed by atoms with van der Waals surface area (Å²) in [5.74, 6) is 0.445. The summed E-state index contributed by atoms with van der Waals surface area (Å²) in [7, 11) is 0. The number of benzene rings is 1. The number of aromatic nitrogens is 1. The second-order valence-corrected chi connectivity index (χ2v) is 8.57. The van der Waals surface area contributed by atoms with E-state index in [2.05, 4.69) is 35.5 Å². The lowest BCUT2D eigenvalue weighted by molar-refractivity contribution is 0.0873. The Morgan fingerprint density at radius 1 is 1.31 bits per heavy atom. The Morgan fingerprint density at radius 3 is 2.59 bits per heavy atom. The van der Waals surface area contributed by atoms with Gasteiger partial charge < -0.3 is 9.67 Å². The smallest absolute Gasteiger partial charge is 0.178 e. The minimum atomic E-state index is -0.290. The van der Waals surface area contributed by atoms with Gasteiger partial charge in [-0.1, -0.05) is 13.8 Å². The van der Waals surface area contributed by atoms with E-state index in [0.29, 0.717) is 24.1 Å². The van der Waals surface area contributed by atoms with Crippen LogP contribution in [0.2, 0.25) is 0 Å². The molecule has 1 aromatic carbocycles. The number of aliphatic hydroxyl groups is 1. The van der Waals surface area contributed by atoms with Crippen molar-refractivity contribution in [3.8, 4) is 11.8 Å². The highest BCUT2D eigenvalue weighted by atomic mass is 16.3. The molecule has 5 heteroatoms. The minimum Gasteiger partial charge on any atom is -0.391 e. The van der Waals surface area contributed by atoms with E-state index < -0.39 is 0 Å². The minimum absolute atomic E-state index is 0.130. The molecule has 29 heavy (non-hydrogen) atoms. The number of nitrogens with zero attached hydrogens (tertiary/aromatic N) is 3. The number of nitriles is 1. The van der Waals surface area contributed by atoms with Crippen molar-refractivity contribution in [1.82, 2.24) is 9.47 Å². The molecule has 1 aromatic heterocycles. The fourth-order valence-corrected chi connectivity index (χ4v) is 5.08. The van der Waals surface area contributed by atoms with Crippen molar-refractivity contribution in [2.24, 2.45) is 0 Å². The molecule has 2 aromatic rings. The number of carbonyl (C=O) groups is 1. The third-order valence-corrected chi connectivity index (χ3v) is 6.92. The van der Waals surface area contributed by atoms with E-state index in [1.54, 1.807) is 0 Å². The summed E-state index contributed by atoms with van der Waals surface area (Å²) in [6, 6.07) is 12.2. The van der Waals surface area contributed by atoms with Gasteiger partial charge in [-0.05, 0) is 68.9 Å². The van der Waals surface area contributed by atoms with Crippen LogP contribution in [0.1, 0.15) is 72.8 Å². The number of hydrogen-bond donors (Lipinski definition) is 1. The van der Waals surface area contributed by atoms with Crippen LogP contribution in [0, 0.1) is 18.3 Å². The molecule has 1 N–H and O–H groups in total. The summed E-state index contributed by atoms with van der Waals surface area (Å²) >= 11 is 0. The Kier molecular flexibility index (Phi) is 5.33. The molecule has 3 heterocycles. The second kappa shape index (κ2) is 7.78. The van der Waals surface area contributed by atoms with E-state index in [1.165, 1.54) is 0 Å². The fourth-order valence-electron chi connectivity index (χ4n) is 5.08. The van der Waals surface area contributed by atoms with E-state index in [0.717, 1.165) is 48.3 Å². The molecule has 2 aliphatic heterocycles. The van der Waals surface area contributed by atoms with Gasteiger partial charge in [0.15, 0.2) is 5.78 Å². The van der Waals surface area contributed by atoms with Crippen LogP contribution in [0.4, 0.5) is 0 Å². The number of ketones is 1. The number of aliphatic hydroxyl groups excluding tert-OH is 1. The summed E-state index contributed by atoms with van der Waals surface area (Å²) in [6.45, 7) is 6.72. The van der Waals surface area contributed by atoms with Gasteiger partial charge in [0.05, 0.1) is 24.3 Å². The van der Waals surface area contributed by atoms with Crippen molar-refractivity contribution in [2.45, 2.75) is 70.6 Å². The monoisotopic (exact) mass is 391 g/mol. The standard InChI is InChI=1S/C24H29N3O2/c1-4-15(2)22-12-20(16(3)27(22)18-7-5-17(13-25)6-8-18)24(29)14-26-19-9-10-21(26)23(28)11-19/h5-8,12,15,19,21,23,28H,4,9-11,14H2,1-3H3/t15?,19?,21?,23-/m0/s1. The molecule has 0 amide bonds. The lowest BCUT2D eigenvalue weighted by Crippen LogP contribution is -2.36. The van der Waals surface area contributed by atoms with Crippen LogP contribution < -0.4 is 0 Å². The van der Waals surface area contributed by atoms with Crippen LogP contribution in [0.5, 0.6) is 0 Å². The summed E-state index contributed by atoms with van der Waals surface area (Å²) in [5.41, 5.74) is 4.45. The van der Waals surface area contributed by atoms with Crippen molar-refractivity contribution < 1.29 is 9.90 Å². The molecule has 0 spiro atoms. The molecule has 4 rings (SSSR count). The lowest BCUT2D eigenvalue weighted by atomic mass is 9.98. The molecule has 2 bridgehead atoms. The molecule has 0 aliphatic carbocycles. The molecular weight excluding hydrogens is 362 g/mol. The Morgan fingerprint density at radius 2 is 2.03 bits per heavy atom. The first-order valence-corrected chi connectivity index (χ1v) is 10.6. The predicted molar refractivity (Wildman–Crippen MR) is 112 cm³/mol. The van der Waals surface area contributed by atoms with Gasteiger partial charge in [0, 0.05) is 34.7 Å². The highest BCUT2D eigenvalue weighted by Gasteiger charge is 2.46. The summed E-state index contributed by atoms with van der Waals surface area (Å²) in [5, 5.41) is 19.3. The van der Waals surface area contributed by atoms with Crippen molar-refractivity contribution >= 4 is 5.78 Å². The predicted octanol–water partition coefficient (Wildman–Crippen LogP) is 3.95. The van der Waals surface area contributed by atoms with E-state index in [9.17, 15) is 9.90 Å². The van der Waals surface area contributed by atoms with Gasteiger partial charge in [0.25, 0.3) is 0 Å². The van der Waals surface area contributed by atoms with E-state index in [1.807, 2.05) is 31.2 Å². The number of rotatable bonds is 6. The third kappa shape index (κ3) is 3.41. The third-order valence-electron chi connectivity index (χ3n) is 6.92. The summed E-state index contributed by atoms with van der Waals surface area (Å²) in [4.78, 5) is 15.5. The molecule has 2 aliphatic rings. The molecule has 0 radical (unpaired) electrons. The topological polar surface area (TPSA) is 69.3 Å². The maximum Gasteiger partial charge on any atom is 0.178 e. The highest BCUT2D eigenvalue weighted by molar-refractivity contribution is 5.99. The first kappa shape index (κ1) is 19.9. The Hall–Kier alpha value is -2.42. The summed E-state index contributed by atoms with van der Waals surface area (Å²) < 4.78 is 2.16. The highest BCUT2D eigenvalue weighted by Crippen LogP contribution is 2.38. The van der Waals surface area contributed by atoms with Crippen LogP contribution in [-0.4, -0.2) is 45.1 Å². The maximum absolute atomic E-state index is 13.3. The number of fused-ring (bicyclic) bond motifs is 2. The molecule has 0 saturated carbocycles. The van der Waals surface area contributed by atoms with Crippen molar-refractivity contribution in [2.75, 3.05) is 6.54 Å². The zero-order chi connectivity index (χ0) is 20.7. The van der Waals surface area contributed by atoms with Crippen molar-refractivity contribution in [1.29, 1.82) is 5.26 Å². The molecule has 2 saturated heterocycles. The first-order chi connectivity index (χ1) is 13.9. The number of hydrogen-bond acceptors (Lipinski definition) is 4. The lowest BCUT2D eigenvalue weighted by Gasteiger charge is -2.21. The quantitative estimate of drug-likeness (QED) is 0.757. The summed E-state index contributed by atoms with van der Waals surface area (Å²) in [6.07, 6.45) is 3.55. The zero-order valence-corrected chi connectivity index (χ0v) is 17.4. The number of Topliss-reactive ketones (excluding diaryl/α,β-unsaturated/α-hetero) is 1. The average molecular weight is 392 g/mol. The normalized spacial score (nSPS) is 24.6. The van der Waals surface area contributed by atoms with Gasteiger partial charge in [0.1, 0.15) is 0 Å². The van der Waals surface area contributed by atoms with Gasteiger partial charge in [-0.2, -0.15) is 5.26 Å². The molecule has 4 atom stereocenters. The SMILES string of the molecule is CCC(C)c1cc(C(=O)CN2C3CCC2[C@@H](O)C3)c(C)n1-c1ccc(C#N)cc1. The fraction of sp³-hybridized carbons (Fsp3) is 0.500. The van der Waals surface area contributed by atoms with Gasteiger partial charge >= 0.3 is 0 Å². The van der Waals surface area contributed by atoms with Crippen LogP contribution >= 0.6 is 0 Å². The van der Waals surface area contributed by atoms with Gasteiger partial charge in [-0.25, -0.2) is 0 Å². The van der Waals surface area contributed by atoms with Crippen LogP contribution in [-0.2, 0) is 0 Å². The van der Waals surface area contributed by atoms with Gasteiger partial charge in [-0.15, -0.1) is 0 Å². The van der Waals surface area contributed by atoms with Crippen molar-refractivity contribution in [3.05, 3.63) is 52.8 Å². The zero-order valence-electron chi connectivity index (χ0n) is 17.4. The average Bonchev–Trinajstić information content (AvgIpc) is 3.37. The molecule has 5 nitrogen and oxygen atoms in total. The Balaban J connectivity index is 1.68. The largest absolute Gasteiger partial charge is 0.391 e. The van der Waals surface area contributed by atoms with Crippen molar-refractivity contribution in [3.63, 3.8) is 0 Å². The Bertz CT molecular complexity index is 954. The van der Waals surface area contributed by atoms with E-state index in [4.69, 9.17) is 5.26 Å². The van der Waals surface area contributed by atoms with Gasteiger partial charge in [0.2, 0.25) is 0 Å². The van der Waals surface area contributed by atoms with Gasteiger partial charge in [-0.3, -0.25) is 9.69 Å². The van der Waals surface area contributed by atoms with Crippen LogP contribution in [0.3, 0.4) is 0 Å². The van der Waals surface area contributed by atoms with E-state index >= 15 is 0 Å². The second-order valence-electron chi connectivity index (χ2n) is 8.57. The number of carbonyl (C=O) groups excluding carboxylic acids is 1. The maximum atomic E-state index is 13.3. The first-order valence-electron chi connectivity index (χ1n) is 10.6. The molecule has 152 valence electrons. The molecular formula is C24H29N3O2. The van der Waals surface area contributed by atoms with Crippen LogP contribution in [0.25, 0.3) is 5.69 Å².